The van der Waals surface area contributed by atoms with Gasteiger partial charge in [-0.2, -0.15) is 5.10 Å². The summed E-state index contributed by atoms with van der Waals surface area (Å²) < 4.78 is 3.07. The molecule has 5 heteroatoms. The number of nitrogens with zero attached hydrogens (tertiary/aromatic N) is 3. The highest BCUT2D eigenvalue weighted by molar-refractivity contribution is 9.10. The monoisotopic (exact) mass is 343 g/mol. The van der Waals surface area contributed by atoms with E-state index in [9.17, 15) is 5.11 Å². The molecule has 1 atom stereocenters. The van der Waals surface area contributed by atoms with Gasteiger partial charge in [0.1, 0.15) is 0 Å². The lowest BCUT2D eigenvalue weighted by atomic mass is 9.89. The Morgan fingerprint density at radius 1 is 1.25 bits per heavy atom. The maximum absolute atomic E-state index is 11.0. The summed E-state index contributed by atoms with van der Waals surface area (Å²) in [6, 6.07) is 0. The van der Waals surface area contributed by atoms with Crippen LogP contribution in [0.5, 0.6) is 0 Å². The topological polar surface area (TPSA) is 41.3 Å². The maximum Gasteiger partial charge on any atom is 0.0738 e. The van der Waals surface area contributed by atoms with Crippen molar-refractivity contribution in [1.82, 2.24) is 14.7 Å². The highest BCUT2D eigenvalue weighted by Gasteiger charge is 2.32. The van der Waals surface area contributed by atoms with Crippen LogP contribution in [0.2, 0.25) is 0 Å². The second kappa shape index (κ2) is 6.58. The zero-order chi connectivity index (χ0) is 14.8. The van der Waals surface area contributed by atoms with Crippen molar-refractivity contribution >= 4 is 15.9 Å². The van der Waals surface area contributed by atoms with Gasteiger partial charge in [-0.1, -0.05) is 6.92 Å². The molecule has 2 heterocycles. The highest BCUT2D eigenvalue weighted by atomic mass is 79.9. The van der Waals surface area contributed by atoms with E-state index in [0.29, 0.717) is 6.42 Å². The number of aryl methyl sites for hydroxylation is 2. The lowest BCUT2D eigenvalue weighted by Crippen LogP contribution is -2.34. The van der Waals surface area contributed by atoms with E-state index in [4.69, 9.17) is 0 Å². The standard InChI is InChI=1S/C15H26BrN3O/c1-4-18-9-6-7-15(20,8-10-18)11-13-14(16)12(3)17-19(13)5-2/h20H,4-11H2,1-3H3. The number of rotatable bonds is 4. The molecule has 20 heavy (non-hydrogen) atoms. The molecule has 0 bridgehead atoms. The lowest BCUT2D eigenvalue weighted by molar-refractivity contribution is 0.0238. The zero-order valence-electron chi connectivity index (χ0n) is 12.8. The zero-order valence-corrected chi connectivity index (χ0v) is 14.4. The first-order valence-corrected chi connectivity index (χ1v) is 8.45. The summed E-state index contributed by atoms with van der Waals surface area (Å²) in [6.45, 7) is 10.3. The fourth-order valence-corrected chi connectivity index (χ4v) is 3.50. The molecule has 1 aromatic heterocycles. The molecule has 114 valence electrons. The van der Waals surface area contributed by atoms with Crippen LogP contribution in [0, 0.1) is 6.92 Å². The van der Waals surface area contributed by atoms with Gasteiger partial charge in [0, 0.05) is 19.5 Å². The van der Waals surface area contributed by atoms with Crippen LogP contribution in [0.1, 0.15) is 44.5 Å². The van der Waals surface area contributed by atoms with Crippen molar-refractivity contribution in [1.29, 1.82) is 0 Å². The highest BCUT2D eigenvalue weighted by Crippen LogP contribution is 2.30. The van der Waals surface area contributed by atoms with Gasteiger partial charge in [-0.3, -0.25) is 4.68 Å². The van der Waals surface area contributed by atoms with Crippen molar-refractivity contribution in [3.05, 3.63) is 15.9 Å². The van der Waals surface area contributed by atoms with E-state index in [2.05, 4.69) is 39.8 Å². The number of halogens is 1. The summed E-state index contributed by atoms with van der Waals surface area (Å²) in [5.41, 5.74) is 1.55. The summed E-state index contributed by atoms with van der Waals surface area (Å²) in [5, 5.41) is 15.5. The van der Waals surface area contributed by atoms with E-state index in [-0.39, 0.29) is 0 Å². The molecular weight excluding hydrogens is 318 g/mol. The minimum atomic E-state index is -0.591. The molecule has 1 aliphatic heterocycles. The molecule has 0 spiro atoms. The Kier molecular flexibility index (Phi) is 5.26. The Morgan fingerprint density at radius 3 is 2.65 bits per heavy atom. The molecule has 0 radical (unpaired) electrons. The van der Waals surface area contributed by atoms with Crippen LogP contribution in [0.25, 0.3) is 0 Å². The van der Waals surface area contributed by atoms with E-state index < -0.39 is 5.60 Å². The molecule has 1 aromatic rings. The van der Waals surface area contributed by atoms with Crippen LogP contribution >= 0.6 is 15.9 Å². The SMILES string of the molecule is CCN1CCCC(O)(Cc2c(Br)c(C)nn2CC)CC1. The fraction of sp³-hybridized carbons (Fsp3) is 0.800. The summed E-state index contributed by atoms with van der Waals surface area (Å²) in [6.07, 6.45) is 3.49. The van der Waals surface area contributed by atoms with Gasteiger partial charge in [-0.05, 0) is 62.1 Å². The molecule has 0 amide bonds. The smallest absolute Gasteiger partial charge is 0.0738 e. The van der Waals surface area contributed by atoms with Crippen LogP contribution in [-0.4, -0.2) is 45.0 Å². The van der Waals surface area contributed by atoms with Gasteiger partial charge < -0.3 is 10.0 Å². The molecule has 0 aliphatic carbocycles. The lowest BCUT2D eigenvalue weighted by Gasteiger charge is -2.27. The summed E-state index contributed by atoms with van der Waals surface area (Å²) >= 11 is 3.63. The first-order valence-electron chi connectivity index (χ1n) is 7.65. The Bertz CT molecular complexity index is 460. The molecular formula is C15H26BrN3O. The van der Waals surface area contributed by atoms with Crippen LogP contribution in [0.15, 0.2) is 4.47 Å². The number of hydrogen-bond donors (Lipinski definition) is 1. The minimum absolute atomic E-state index is 0.591. The Balaban J connectivity index is 2.16. The maximum atomic E-state index is 11.0. The summed E-state index contributed by atoms with van der Waals surface area (Å²) in [4.78, 5) is 2.43. The Hall–Kier alpha value is -0.390. The quantitative estimate of drug-likeness (QED) is 0.913. The largest absolute Gasteiger partial charge is 0.389 e. The average Bonchev–Trinajstić information content (AvgIpc) is 2.61. The fourth-order valence-electron chi connectivity index (χ4n) is 3.08. The second-order valence-electron chi connectivity index (χ2n) is 5.85. The number of likely N-dealkylation sites (tertiary alicyclic amines) is 1. The Morgan fingerprint density at radius 2 is 2.00 bits per heavy atom. The predicted molar refractivity (Wildman–Crippen MR) is 85.0 cm³/mol. The first-order chi connectivity index (χ1) is 9.49. The molecule has 2 rings (SSSR count). The molecule has 1 saturated heterocycles. The van der Waals surface area contributed by atoms with Gasteiger partial charge in [0.15, 0.2) is 0 Å². The van der Waals surface area contributed by atoms with E-state index in [1.54, 1.807) is 0 Å². The summed E-state index contributed by atoms with van der Waals surface area (Å²) in [7, 11) is 0. The molecule has 1 fully saturated rings. The second-order valence-corrected chi connectivity index (χ2v) is 6.64. The van der Waals surface area contributed by atoms with Crippen LogP contribution in [-0.2, 0) is 13.0 Å². The van der Waals surface area contributed by atoms with Crippen LogP contribution in [0.4, 0.5) is 0 Å². The van der Waals surface area contributed by atoms with Crippen LogP contribution in [0.3, 0.4) is 0 Å². The van der Waals surface area contributed by atoms with Gasteiger partial charge in [0.25, 0.3) is 0 Å². The number of aliphatic hydroxyl groups is 1. The van der Waals surface area contributed by atoms with Gasteiger partial charge in [-0.15, -0.1) is 0 Å². The van der Waals surface area contributed by atoms with E-state index in [1.807, 2.05) is 11.6 Å². The minimum Gasteiger partial charge on any atom is -0.389 e. The van der Waals surface area contributed by atoms with Crippen molar-refractivity contribution in [3.8, 4) is 0 Å². The Labute approximate surface area is 130 Å². The van der Waals surface area contributed by atoms with E-state index in [0.717, 1.165) is 61.3 Å². The van der Waals surface area contributed by atoms with Crippen molar-refractivity contribution in [2.75, 3.05) is 19.6 Å². The van der Waals surface area contributed by atoms with Gasteiger partial charge in [0.05, 0.1) is 21.5 Å². The molecule has 0 saturated carbocycles. The predicted octanol–water partition coefficient (Wildman–Crippen LogP) is 2.75. The third kappa shape index (κ3) is 3.43. The summed E-state index contributed by atoms with van der Waals surface area (Å²) in [5.74, 6) is 0. The molecule has 4 nitrogen and oxygen atoms in total. The van der Waals surface area contributed by atoms with Gasteiger partial charge >= 0.3 is 0 Å². The van der Waals surface area contributed by atoms with Crippen molar-refractivity contribution in [3.63, 3.8) is 0 Å². The van der Waals surface area contributed by atoms with Crippen molar-refractivity contribution in [2.24, 2.45) is 0 Å². The molecule has 1 aliphatic rings. The first kappa shape index (κ1) is 16.0. The normalized spacial score (nSPS) is 24.9. The van der Waals surface area contributed by atoms with Gasteiger partial charge in [0.2, 0.25) is 0 Å². The van der Waals surface area contributed by atoms with Crippen molar-refractivity contribution in [2.45, 2.75) is 58.6 Å². The number of hydrogen-bond acceptors (Lipinski definition) is 3. The van der Waals surface area contributed by atoms with Crippen molar-refractivity contribution < 1.29 is 5.11 Å². The molecule has 1 unspecified atom stereocenters. The van der Waals surface area contributed by atoms with Gasteiger partial charge in [-0.25, -0.2) is 0 Å². The molecule has 0 aromatic carbocycles. The number of aromatic nitrogens is 2. The third-order valence-electron chi connectivity index (χ3n) is 4.41. The third-order valence-corrected chi connectivity index (χ3v) is 5.44. The molecule has 1 N–H and O–H groups in total. The van der Waals surface area contributed by atoms with E-state index in [1.165, 1.54) is 0 Å². The average molecular weight is 344 g/mol. The van der Waals surface area contributed by atoms with E-state index >= 15 is 0 Å². The van der Waals surface area contributed by atoms with Crippen LogP contribution < -0.4 is 0 Å².